The average Bonchev–Trinajstić information content (AvgIpc) is 2.84. The van der Waals surface area contributed by atoms with Crippen LogP contribution in [-0.4, -0.2) is 9.55 Å². The standard InChI is InChI=1S/C17H16BrN3/c1-12-10-14(18)8-9-16(12)20-17-19-13(2)11-21(17)15-6-4-3-5-7-15/h3-11H,1-2H3,(H,19,20). The van der Waals surface area contributed by atoms with E-state index in [0.29, 0.717) is 0 Å². The first kappa shape index (κ1) is 13.9. The quantitative estimate of drug-likeness (QED) is 0.726. The molecule has 3 rings (SSSR count). The molecule has 2 aromatic carbocycles. The predicted molar refractivity (Wildman–Crippen MR) is 90.5 cm³/mol. The van der Waals surface area contributed by atoms with Crippen molar-refractivity contribution in [1.29, 1.82) is 0 Å². The number of nitrogens with zero attached hydrogens (tertiary/aromatic N) is 2. The monoisotopic (exact) mass is 341 g/mol. The maximum Gasteiger partial charge on any atom is 0.212 e. The second-order valence-electron chi connectivity index (χ2n) is 5.00. The van der Waals surface area contributed by atoms with Crippen molar-refractivity contribution in [3.63, 3.8) is 0 Å². The third kappa shape index (κ3) is 3.00. The number of aromatic nitrogens is 2. The molecule has 21 heavy (non-hydrogen) atoms. The Morgan fingerprint density at radius 3 is 2.52 bits per heavy atom. The second-order valence-corrected chi connectivity index (χ2v) is 5.91. The van der Waals surface area contributed by atoms with Crippen LogP contribution in [0.2, 0.25) is 0 Å². The molecule has 3 nitrogen and oxygen atoms in total. The highest BCUT2D eigenvalue weighted by molar-refractivity contribution is 9.10. The smallest absolute Gasteiger partial charge is 0.212 e. The molecule has 0 aliphatic carbocycles. The Balaban J connectivity index is 2.00. The topological polar surface area (TPSA) is 29.9 Å². The molecular weight excluding hydrogens is 326 g/mol. The molecule has 3 aromatic rings. The van der Waals surface area contributed by atoms with Crippen LogP contribution in [0.4, 0.5) is 11.6 Å². The van der Waals surface area contributed by atoms with Crippen molar-refractivity contribution in [3.05, 3.63) is 70.5 Å². The lowest BCUT2D eigenvalue weighted by Gasteiger charge is -2.12. The maximum absolute atomic E-state index is 4.59. The van der Waals surface area contributed by atoms with Gasteiger partial charge >= 0.3 is 0 Å². The summed E-state index contributed by atoms with van der Waals surface area (Å²) < 4.78 is 3.14. The molecule has 0 aliphatic rings. The fourth-order valence-corrected chi connectivity index (χ4v) is 2.73. The van der Waals surface area contributed by atoms with Gasteiger partial charge in [-0.1, -0.05) is 34.1 Å². The first-order chi connectivity index (χ1) is 10.1. The summed E-state index contributed by atoms with van der Waals surface area (Å²) in [7, 11) is 0. The number of aryl methyl sites for hydroxylation is 2. The van der Waals surface area contributed by atoms with Crippen LogP contribution in [0.15, 0.2) is 59.2 Å². The van der Waals surface area contributed by atoms with E-state index in [2.05, 4.69) is 62.0 Å². The SMILES string of the molecule is Cc1cn(-c2ccccc2)c(Nc2ccc(Br)cc2C)n1. The number of hydrogen-bond acceptors (Lipinski definition) is 2. The molecule has 0 atom stereocenters. The maximum atomic E-state index is 4.59. The Kier molecular flexibility index (Phi) is 3.80. The molecular formula is C17H16BrN3. The first-order valence-electron chi connectivity index (χ1n) is 6.78. The Morgan fingerprint density at radius 1 is 1.05 bits per heavy atom. The van der Waals surface area contributed by atoms with Gasteiger partial charge in [-0.2, -0.15) is 0 Å². The lowest BCUT2D eigenvalue weighted by Crippen LogP contribution is -2.02. The molecule has 1 heterocycles. The molecule has 1 aromatic heterocycles. The Labute approximate surface area is 132 Å². The summed E-state index contributed by atoms with van der Waals surface area (Å²) in [6, 6.07) is 16.4. The summed E-state index contributed by atoms with van der Waals surface area (Å²) in [5.74, 6) is 0.823. The predicted octanol–water partition coefficient (Wildman–Crippen LogP) is 5.00. The van der Waals surface area contributed by atoms with Crippen LogP contribution < -0.4 is 5.32 Å². The number of imidazole rings is 1. The van der Waals surface area contributed by atoms with Crippen LogP contribution in [0.25, 0.3) is 5.69 Å². The van der Waals surface area contributed by atoms with E-state index in [9.17, 15) is 0 Å². The average molecular weight is 342 g/mol. The Hall–Kier alpha value is -2.07. The first-order valence-corrected chi connectivity index (χ1v) is 7.57. The molecule has 0 radical (unpaired) electrons. The number of hydrogen-bond donors (Lipinski definition) is 1. The number of benzene rings is 2. The van der Waals surface area contributed by atoms with Gasteiger partial charge in [0.2, 0.25) is 5.95 Å². The summed E-state index contributed by atoms with van der Waals surface area (Å²) in [6.07, 6.45) is 2.03. The zero-order valence-corrected chi connectivity index (χ0v) is 13.6. The molecule has 0 bridgehead atoms. The lowest BCUT2D eigenvalue weighted by atomic mass is 10.2. The molecule has 1 N–H and O–H groups in total. The van der Waals surface area contributed by atoms with E-state index in [1.54, 1.807) is 0 Å². The highest BCUT2D eigenvalue weighted by atomic mass is 79.9. The molecule has 0 spiro atoms. The van der Waals surface area contributed by atoms with Crippen LogP contribution in [-0.2, 0) is 0 Å². The van der Waals surface area contributed by atoms with Gasteiger partial charge in [-0.05, 0) is 49.7 Å². The van der Waals surface area contributed by atoms with Crippen molar-refractivity contribution in [2.24, 2.45) is 0 Å². The van der Waals surface area contributed by atoms with Crippen molar-refractivity contribution in [3.8, 4) is 5.69 Å². The number of nitrogens with one attached hydrogen (secondary N) is 1. The van der Waals surface area contributed by atoms with E-state index in [1.807, 2.05) is 37.4 Å². The molecule has 0 fully saturated rings. The summed E-state index contributed by atoms with van der Waals surface area (Å²) in [6.45, 7) is 4.08. The normalized spacial score (nSPS) is 10.6. The van der Waals surface area contributed by atoms with Gasteiger partial charge in [-0.3, -0.25) is 4.57 Å². The third-order valence-corrected chi connectivity index (χ3v) is 3.79. The number of halogens is 1. The molecule has 0 saturated carbocycles. The molecule has 0 unspecified atom stereocenters. The van der Waals surface area contributed by atoms with Gasteiger partial charge in [0.25, 0.3) is 0 Å². The van der Waals surface area contributed by atoms with Crippen LogP contribution >= 0.6 is 15.9 Å². The number of rotatable bonds is 3. The highest BCUT2D eigenvalue weighted by Crippen LogP contribution is 2.25. The van der Waals surface area contributed by atoms with E-state index in [-0.39, 0.29) is 0 Å². The minimum atomic E-state index is 0.823. The zero-order chi connectivity index (χ0) is 14.8. The van der Waals surface area contributed by atoms with Gasteiger partial charge in [0.15, 0.2) is 0 Å². The summed E-state index contributed by atoms with van der Waals surface area (Å²) in [4.78, 5) is 4.59. The molecule has 4 heteroatoms. The van der Waals surface area contributed by atoms with Crippen LogP contribution in [0, 0.1) is 13.8 Å². The van der Waals surface area contributed by atoms with Crippen molar-refractivity contribution in [2.75, 3.05) is 5.32 Å². The fraction of sp³-hybridized carbons (Fsp3) is 0.118. The van der Waals surface area contributed by atoms with E-state index >= 15 is 0 Å². The van der Waals surface area contributed by atoms with Gasteiger partial charge in [-0.25, -0.2) is 4.98 Å². The summed E-state index contributed by atoms with van der Waals surface area (Å²) in [5.41, 5.74) is 4.30. The second kappa shape index (κ2) is 5.74. The van der Waals surface area contributed by atoms with E-state index in [1.165, 1.54) is 5.56 Å². The molecule has 0 amide bonds. The van der Waals surface area contributed by atoms with Crippen LogP contribution in [0.3, 0.4) is 0 Å². The number of anilines is 2. The highest BCUT2D eigenvalue weighted by Gasteiger charge is 2.09. The van der Waals surface area contributed by atoms with Gasteiger partial charge < -0.3 is 5.32 Å². The van der Waals surface area contributed by atoms with E-state index in [0.717, 1.165) is 27.5 Å². The van der Waals surface area contributed by atoms with Crippen molar-refractivity contribution in [2.45, 2.75) is 13.8 Å². The van der Waals surface area contributed by atoms with Gasteiger partial charge in [-0.15, -0.1) is 0 Å². The molecule has 0 aliphatic heterocycles. The van der Waals surface area contributed by atoms with Gasteiger partial charge in [0.05, 0.1) is 5.69 Å². The van der Waals surface area contributed by atoms with Crippen molar-refractivity contribution < 1.29 is 0 Å². The Morgan fingerprint density at radius 2 is 1.81 bits per heavy atom. The van der Waals surface area contributed by atoms with E-state index in [4.69, 9.17) is 0 Å². The van der Waals surface area contributed by atoms with Crippen LogP contribution in [0.5, 0.6) is 0 Å². The molecule has 106 valence electrons. The summed E-state index contributed by atoms with van der Waals surface area (Å²) >= 11 is 3.49. The zero-order valence-electron chi connectivity index (χ0n) is 12.0. The minimum Gasteiger partial charge on any atom is -0.325 e. The lowest BCUT2D eigenvalue weighted by molar-refractivity contribution is 1.06. The Bertz CT molecular complexity index is 763. The largest absolute Gasteiger partial charge is 0.325 e. The summed E-state index contributed by atoms with van der Waals surface area (Å²) in [5, 5.41) is 3.42. The van der Waals surface area contributed by atoms with Gasteiger partial charge in [0.1, 0.15) is 0 Å². The third-order valence-electron chi connectivity index (χ3n) is 3.30. The minimum absolute atomic E-state index is 0.823. The van der Waals surface area contributed by atoms with Gasteiger partial charge in [0, 0.05) is 22.0 Å². The number of para-hydroxylation sites is 1. The van der Waals surface area contributed by atoms with Crippen molar-refractivity contribution >= 4 is 27.6 Å². The fourth-order valence-electron chi connectivity index (χ4n) is 2.26. The molecule has 0 saturated heterocycles. The van der Waals surface area contributed by atoms with Crippen molar-refractivity contribution in [1.82, 2.24) is 9.55 Å². The van der Waals surface area contributed by atoms with Crippen LogP contribution in [0.1, 0.15) is 11.3 Å². The van der Waals surface area contributed by atoms with E-state index < -0.39 is 0 Å².